The Morgan fingerprint density at radius 2 is 2.12 bits per heavy atom. The lowest BCUT2D eigenvalue weighted by molar-refractivity contribution is -0.384. The molecule has 1 spiro atoms. The molecule has 0 atom stereocenters. The molecule has 16 heavy (non-hydrogen) atoms. The maximum absolute atomic E-state index is 11.8. The van der Waals surface area contributed by atoms with E-state index in [0.717, 1.165) is 30.5 Å². The van der Waals surface area contributed by atoms with E-state index in [1.807, 2.05) is 0 Å². The van der Waals surface area contributed by atoms with Crippen LogP contribution in [0.1, 0.15) is 24.8 Å². The third-order valence-electron chi connectivity index (χ3n) is 3.62. The van der Waals surface area contributed by atoms with Gasteiger partial charge < -0.3 is 5.32 Å². The van der Waals surface area contributed by atoms with Crippen LogP contribution < -0.4 is 5.32 Å². The number of nitro groups is 1. The fourth-order valence-electron chi connectivity index (χ4n) is 2.54. The third-order valence-corrected chi connectivity index (χ3v) is 3.62. The number of nitrogens with one attached hydrogen (secondary N) is 1. The number of carbonyl (C=O) groups is 1. The minimum Gasteiger partial charge on any atom is -0.325 e. The molecule has 2 aliphatic rings. The van der Waals surface area contributed by atoms with E-state index >= 15 is 0 Å². The van der Waals surface area contributed by atoms with E-state index in [-0.39, 0.29) is 11.6 Å². The first-order valence-electron chi connectivity index (χ1n) is 5.24. The Hall–Kier alpha value is -1.91. The summed E-state index contributed by atoms with van der Waals surface area (Å²) in [5, 5.41) is 13.5. The molecule has 1 aromatic carbocycles. The molecule has 5 heteroatoms. The number of benzene rings is 1. The van der Waals surface area contributed by atoms with Gasteiger partial charge in [0.1, 0.15) is 0 Å². The van der Waals surface area contributed by atoms with Gasteiger partial charge in [0.15, 0.2) is 0 Å². The van der Waals surface area contributed by atoms with Crippen LogP contribution in [0.15, 0.2) is 18.2 Å². The quantitative estimate of drug-likeness (QED) is 0.578. The monoisotopic (exact) mass is 218 g/mol. The summed E-state index contributed by atoms with van der Waals surface area (Å²) in [4.78, 5) is 22.1. The maximum atomic E-state index is 11.8. The van der Waals surface area contributed by atoms with Gasteiger partial charge in [-0.1, -0.05) is 6.42 Å². The summed E-state index contributed by atoms with van der Waals surface area (Å²) in [5.74, 6) is -0.00533. The molecule has 1 fully saturated rings. The van der Waals surface area contributed by atoms with Gasteiger partial charge in [-0.3, -0.25) is 14.9 Å². The van der Waals surface area contributed by atoms with Gasteiger partial charge in [-0.15, -0.1) is 0 Å². The number of anilines is 1. The van der Waals surface area contributed by atoms with Crippen molar-refractivity contribution >= 4 is 17.3 Å². The summed E-state index contributed by atoms with van der Waals surface area (Å²) in [6, 6.07) is 4.58. The Bertz CT molecular complexity index is 506. The first kappa shape index (κ1) is 9.33. The summed E-state index contributed by atoms with van der Waals surface area (Å²) < 4.78 is 0. The highest BCUT2D eigenvalue weighted by molar-refractivity contribution is 6.07. The minimum absolute atomic E-state index is 0.00533. The Morgan fingerprint density at radius 1 is 1.38 bits per heavy atom. The van der Waals surface area contributed by atoms with E-state index in [2.05, 4.69) is 5.32 Å². The van der Waals surface area contributed by atoms with Crippen LogP contribution in [0.3, 0.4) is 0 Å². The Balaban J connectivity index is 2.15. The molecular weight excluding hydrogens is 208 g/mol. The van der Waals surface area contributed by atoms with E-state index in [0.29, 0.717) is 0 Å². The summed E-state index contributed by atoms with van der Waals surface area (Å²) in [6.07, 6.45) is 2.61. The molecule has 1 N–H and O–H groups in total. The van der Waals surface area contributed by atoms with Crippen LogP contribution in [0, 0.1) is 10.1 Å². The highest BCUT2D eigenvalue weighted by atomic mass is 16.6. The molecule has 82 valence electrons. The van der Waals surface area contributed by atoms with Gasteiger partial charge in [-0.05, 0) is 24.5 Å². The zero-order chi connectivity index (χ0) is 11.3. The first-order chi connectivity index (χ1) is 7.63. The summed E-state index contributed by atoms with van der Waals surface area (Å²) in [7, 11) is 0. The molecule has 0 radical (unpaired) electrons. The summed E-state index contributed by atoms with van der Waals surface area (Å²) >= 11 is 0. The summed E-state index contributed by atoms with van der Waals surface area (Å²) in [6.45, 7) is 0. The number of fused-ring (bicyclic) bond motifs is 2. The highest BCUT2D eigenvalue weighted by Crippen LogP contribution is 2.51. The van der Waals surface area contributed by atoms with Crippen molar-refractivity contribution in [2.75, 3.05) is 5.32 Å². The number of hydrogen-bond acceptors (Lipinski definition) is 3. The van der Waals surface area contributed by atoms with Gasteiger partial charge in [-0.2, -0.15) is 0 Å². The second kappa shape index (κ2) is 2.81. The van der Waals surface area contributed by atoms with E-state index in [1.165, 1.54) is 12.1 Å². The van der Waals surface area contributed by atoms with Crippen LogP contribution >= 0.6 is 0 Å². The number of carbonyl (C=O) groups excluding carboxylic acids is 1. The van der Waals surface area contributed by atoms with Gasteiger partial charge in [0.25, 0.3) is 5.69 Å². The van der Waals surface area contributed by atoms with Crippen LogP contribution in [0.4, 0.5) is 11.4 Å². The second-order valence-electron chi connectivity index (χ2n) is 4.38. The largest absolute Gasteiger partial charge is 0.325 e. The Labute approximate surface area is 91.6 Å². The number of amides is 1. The molecule has 0 unspecified atom stereocenters. The number of rotatable bonds is 1. The zero-order valence-electron chi connectivity index (χ0n) is 8.53. The normalized spacial score (nSPS) is 20.1. The van der Waals surface area contributed by atoms with Crippen molar-refractivity contribution < 1.29 is 9.72 Å². The topological polar surface area (TPSA) is 72.2 Å². The van der Waals surface area contributed by atoms with Crippen molar-refractivity contribution in [1.29, 1.82) is 0 Å². The molecule has 1 saturated carbocycles. The molecule has 5 nitrogen and oxygen atoms in total. The van der Waals surface area contributed by atoms with Crippen LogP contribution in [0.25, 0.3) is 0 Å². The number of nitrogens with zero attached hydrogens (tertiary/aromatic N) is 1. The number of hydrogen-bond donors (Lipinski definition) is 1. The van der Waals surface area contributed by atoms with E-state index in [4.69, 9.17) is 0 Å². The molecular formula is C11H10N2O3. The van der Waals surface area contributed by atoms with Gasteiger partial charge in [-0.25, -0.2) is 0 Å². The average molecular weight is 218 g/mol. The van der Waals surface area contributed by atoms with Gasteiger partial charge in [0.2, 0.25) is 5.91 Å². The molecule has 0 saturated heterocycles. The lowest BCUT2D eigenvalue weighted by Gasteiger charge is -2.35. The number of non-ortho nitro benzene ring substituents is 1. The van der Waals surface area contributed by atoms with Gasteiger partial charge >= 0.3 is 0 Å². The van der Waals surface area contributed by atoms with Gasteiger partial charge in [0.05, 0.1) is 10.3 Å². The lowest BCUT2D eigenvalue weighted by atomic mass is 9.65. The average Bonchev–Trinajstić information content (AvgIpc) is 2.47. The van der Waals surface area contributed by atoms with Crippen molar-refractivity contribution in [1.82, 2.24) is 0 Å². The minimum atomic E-state index is -0.471. The lowest BCUT2D eigenvalue weighted by Crippen LogP contribution is -2.40. The SMILES string of the molecule is O=C1Nc2ccc([N+](=O)[O-])cc2C12CCC2. The standard InChI is InChI=1S/C11H10N2O3/c14-10-11(4-1-5-11)8-6-7(13(15)16)2-3-9(8)12-10/h2-3,6H,1,4-5H2,(H,12,14). The van der Waals surface area contributed by atoms with Crippen LogP contribution in [-0.2, 0) is 10.2 Å². The third kappa shape index (κ3) is 0.973. The van der Waals surface area contributed by atoms with E-state index in [1.54, 1.807) is 6.07 Å². The molecule has 0 bridgehead atoms. The Morgan fingerprint density at radius 3 is 2.69 bits per heavy atom. The molecule has 1 heterocycles. The van der Waals surface area contributed by atoms with Crippen LogP contribution in [0.5, 0.6) is 0 Å². The second-order valence-corrected chi connectivity index (χ2v) is 4.38. The van der Waals surface area contributed by atoms with Crippen LogP contribution in [0.2, 0.25) is 0 Å². The van der Waals surface area contributed by atoms with E-state index in [9.17, 15) is 14.9 Å². The van der Waals surface area contributed by atoms with E-state index < -0.39 is 10.3 Å². The highest BCUT2D eigenvalue weighted by Gasteiger charge is 2.51. The van der Waals surface area contributed by atoms with Crippen molar-refractivity contribution in [2.24, 2.45) is 0 Å². The van der Waals surface area contributed by atoms with Gasteiger partial charge in [0, 0.05) is 17.8 Å². The van der Waals surface area contributed by atoms with Crippen molar-refractivity contribution in [3.8, 4) is 0 Å². The smallest absolute Gasteiger partial charge is 0.269 e. The predicted octanol–water partition coefficient (Wildman–Crippen LogP) is 1.97. The fraction of sp³-hybridized carbons (Fsp3) is 0.364. The van der Waals surface area contributed by atoms with Crippen LogP contribution in [-0.4, -0.2) is 10.8 Å². The first-order valence-corrected chi connectivity index (χ1v) is 5.24. The zero-order valence-corrected chi connectivity index (χ0v) is 8.53. The van der Waals surface area contributed by atoms with Crippen molar-refractivity contribution in [3.63, 3.8) is 0 Å². The molecule has 1 aliphatic carbocycles. The molecule has 1 aliphatic heterocycles. The maximum Gasteiger partial charge on any atom is 0.269 e. The van der Waals surface area contributed by atoms with Crippen molar-refractivity contribution in [2.45, 2.75) is 24.7 Å². The molecule has 1 amide bonds. The van der Waals surface area contributed by atoms with Crippen molar-refractivity contribution in [3.05, 3.63) is 33.9 Å². The summed E-state index contributed by atoms with van der Waals surface area (Å²) in [5.41, 5.74) is 1.12. The number of nitro benzene ring substituents is 1. The predicted molar refractivity (Wildman–Crippen MR) is 57.3 cm³/mol. The molecule has 1 aromatic rings. The fourth-order valence-corrected chi connectivity index (χ4v) is 2.54. The molecule has 0 aromatic heterocycles. The molecule has 3 rings (SSSR count). The Kier molecular flexibility index (Phi) is 1.64.